The molecule has 0 aromatic heterocycles. The molecule has 2 aromatic rings. The zero-order valence-corrected chi connectivity index (χ0v) is 16.8. The first-order valence-corrected chi connectivity index (χ1v) is 10.0. The third kappa shape index (κ3) is 3.70. The molecule has 0 radical (unpaired) electrons. The van der Waals surface area contributed by atoms with Gasteiger partial charge >= 0.3 is 0 Å². The van der Waals surface area contributed by atoms with Gasteiger partial charge in [-0.25, -0.2) is 0 Å². The van der Waals surface area contributed by atoms with Crippen molar-refractivity contribution in [3.63, 3.8) is 0 Å². The summed E-state index contributed by atoms with van der Waals surface area (Å²) in [5, 5.41) is 2.90. The molecule has 7 nitrogen and oxygen atoms in total. The average Bonchev–Trinajstić information content (AvgIpc) is 2.99. The first-order valence-electron chi connectivity index (χ1n) is 10.0. The molecule has 154 valence electrons. The number of likely N-dealkylation sites (tertiary alicyclic amines) is 1. The fourth-order valence-corrected chi connectivity index (χ4v) is 4.01. The Morgan fingerprint density at radius 2 is 1.50 bits per heavy atom. The molecule has 2 aromatic carbocycles. The molecular weight excluding hydrogens is 382 g/mol. The second kappa shape index (κ2) is 8.10. The Morgan fingerprint density at radius 1 is 0.933 bits per heavy atom. The summed E-state index contributed by atoms with van der Waals surface area (Å²) in [5.74, 6) is -1.24. The number of imide groups is 1. The third-order valence-electron chi connectivity index (χ3n) is 5.70. The molecule has 0 saturated carbocycles. The summed E-state index contributed by atoms with van der Waals surface area (Å²) in [6.07, 6.45) is 1.26. The number of benzene rings is 2. The number of carbonyl (C=O) groups excluding carboxylic acids is 4. The van der Waals surface area contributed by atoms with Crippen molar-refractivity contribution < 1.29 is 19.2 Å². The Labute approximate surface area is 174 Å². The number of nitrogens with one attached hydrogen (secondary N) is 1. The van der Waals surface area contributed by atoms with Crippen molar-refractivity contribution >= 4 is 23.6 Å². The Kier molecular flexibility index (Phi) is 5.35. The van der Waals surface area contributed by atoms with E-state index in [1.165, 1.54) is 0 Å². The maximum absolute atomic E-state index is 12.7. The number of piperidine rings is 1. The van der Waals surface area contributed by atoms with Crippen LogP contribution in [0.15, 0.2) is 48.5 Å². The second-order valence-corrected chi connectivity index (χ2v) is 7.69. The quantitative estimate of drug-likeness (QED) is 0.789. The van der Waals surface area contributed by atoms with Crippen LogP contribution in [0.2, 0.25) is 0 Å². The minimum atomic E-state index is -0.440. The molecule has 0 unspecified atom stereocenters. The van der Waals surface area contributed by atoms with E-state index >= 15 is 0 Å². The molecule has 2 aliphatic heterocycles. The Morgan fingerprint density at radius 3 is 2.10 bits per heavy atom. The van der Waals surface area contributed by atoms with Crippen LogP contribution in [-0.2, 0) is 4.79 Å². The minimum absolute atomic E-state index is 0.00361. The van der Waals surface area contributed by atoms with Gasteiger partial charge in [-0.05, 0) is 43.5 Å². The first kappa shape index (κ1) is 19.8. The number of hydrogen-bond acceptors (Lipinski definition) is 4. The van der Waals surface area contributed by atoms with Crippen LogP contribution in [0.25, 0.3) is 0 Å². The first-order chi connectivity index (χ1) is 14.5. The van der Waals surface area contributed by atoms with Crippen LogP contribution < -0.4 is 5.32 Å². The number of rotatable bonds is 4. The summed E-state index contributed by atoms with van der Waals surface area (Å²) in [4.78, 5) is 52.7. The van der Waals surface area contributed by atoms with Crippen molar-refractivity contribution in [1.82, 2.24) is 15.1 Å². The Balaban J connectivity index is 1.30. The van der Waals surface area contributed by atoms with Gasteiger partial charge in [0.1, 0.15) is 6.54 Å². The second-order valence-electron chi connectivity index (χ2n) is 7.69. The van der Waals surface area contributed by atoms with Gasteiger partial charge in [0.05, 0.1) is 11.1 Å². The number of hydrogen-bond donors (Lipinski definition) is 1. The van der Waals surface area contributed by atoms with Gasteiger partial charge in [-0.15, -0.1) is 0 Å². The summed E-state index contributed by atoms with van der Waals surface area (Å²) >= 11 is 0. The number of aryl methyl sites for hydroxylation is 1. The van der Waals surface area contributed by atoms with E-state index in [1.807, 2.05) is 31.2 Å². The van der Waals surface area contributed by atoms with Gasteiger partial charge in [0.15, 0.2) is 0 Å². The lowest BCUT2D eigenvalue weighted by molar-refractivity contribution is -0.122. The highest BCUT2D eigenvalue weighted by Gasteiger charge is 2.36. The zero-order valence-electron chi connectivity index (χ0n) is 16.8. The van der Waals surface area contributed by atoms with E-state index in [-0.39, 0.29) is 24.4 Å². The van der Waals surface area contributed by atoms with Crippen LogP contribution >= 0.6 is 0 Å². The van der Waals surface area contributed by atoms with Crippen LogP contribution in [0, 0.1) is 6.92 Å². The van der Waals surface area contributed by atoms with E-state index in [2.05, 4.69) is 5.32 Å². The van der Waals surface area contributed by atoms with Crippen molar-refractivity contribution in [2.75, 3.05) is 19.6 Å². The zero-order chi connectivity index (χ0) is 21.3. The SMILES string of the molecule is Cc1ccccc1C(=O)N1CCC(NC(=O)CN2C(=O)c3ccccc3C2=O)CC1. The molecule has 30 heavy (non-hydrogen) atoms. The van der Waals surface area contributed by atoms with Gasteiger partial charge < -0.3 is 10.2 Å². The lowest BCUT2D eigenvalue weighted by atomic mass is 10.0. The highest BCUT2D eigenvalue weighted by molar-refractivity contribution is 6.22. The van der Waals surface area contributed by atoms with Gasteiger partial charge in [-0.3, -0.25) is 24.1 Å². The summed E-state index contributed by atoms with van der Waals surface area (Å²) in [6.45, 7) is 2.71. The highest BCUT2D eigenvalue weighted by Crippen LogP contribution is 2.22. The average molecular weight is 405 g/mol. The number of fused-ring (bicyclic) bond motifs is 1. The maximum atomic E-state index is 12.7. The van der Waals surface area contributed by atoms with Gasteiger partial charge in [0, 0.05) is 24.7 Å². The van der Waals surface area contributed by atoms with Crippen LogP contribution in [-0.4, -0.2) is 59.1 Å². The van der Waals surface area contributed by atoms with Crippen molar-refractivity contribution in [1.29, 1.82) is 0 Å². The largest absolute Gasteiger partial charge is 0.352 e. The summed E-state index contributed by atoms with van der Waals surface area (Å²) < 4.78 is 0. The van der Waals surface area contributed by atoms with Crippen LogP contribution in [0.1, 0.15) is 49.5 Å². The summed E-state index contributed by atoms with van der Waals surface area (Å²) in [6, 6.07) is 14.0. The van der Waals surface area contributed by atoms with Crippen molar-refractivity contribution in [2.45, 2.75) is 25.8 Å². The van der Waals surface area contributed by atoms with E-state index in [9.17, 15) is 19.2 Å². The van der Waals surface area contributed by atoms with Crippen molar-refractivity contribution in [2.24, 2.45) is 0 Å². The van der Waals surface area contributed by atoms with Crippen LogP contribution in [0.4, 0.5) is 0 Å². The monoisotopic (exact) mass is 405 g/mol. The molecule has 1 N–H and O–H groups in total. The lowest BCUT2D eigenvalue weighted by Gasteiger charge is -2.33. The van der Waals surface area contributed by atoms with E-state index in [0.29, 0.717) is 42.6 Å². The molecule has 1 saturated heterocycles. The fourth-order valence-electron chi connectivity index (χ4n) is 4.01. The molecule has 0 bridgehead atoms. The predicted octanol–water partition coefficient (Wildman–Crippen LogP) is 2.01. The Bertz CT molecular complexity index is 990. The number of nitrogens with zero attached hydrogens (tertiary/aromatic N) is 2. The number of amides is 4. The van der Waals surface area contributed by atoms with Gasteiger partial charge in [0.25, 0.3) is 17.7 Å². The minimum Gasteiger partial charge on any atom is -0.352 e. The van der Waals surface area contributed by atoms with Crippen LogP contribution in [0.3, 0.4) is 0 Å². The van der Waals surface area contributed by atoms with E-state index < -0.39 is 11.8 Å². The lowest BCUT2D eigenvalue weighted by Crippen LogP contribution is -2.49. The third-order valence-corrected chi connectivity index (χ3v) is 5.70. The summed E-state index contributed by atoms with van der Waals surface area (Å²) in [7, 11) is 0. The molecular formula is C23H23N3O4. The van der Waals surface area contributed by atoms with Gasteiger partial charge in [0.2, 0.25) is 5.91 Å². The topological polar surface area (TPSA) is 86.8 Å². The predicted molar refractivity (Wildman–Crippen MR) is 110 cm³/mol. The maximum Gasteiger partial charge on any atom is 0.262 e. The molecule has 4 rings (SSSR count). The smallest absolute Gasteiger partial charge is 0.262 e. The van der Waals surface area contributed by atoms with E-state index in [0.717, 1.165) is 10.5 Å². The molecule has 2 aliphatic rings. The van der Waals surface area contributed by atoms with Crippen molar-refractivity contribution in [3.05, 3.63) is 70.8 Å². The molecule has 0 spiro atoms. The van der Waals surface area contributed by atoms with Gasteiger partial charge in [-0.1, -0.05) is 30.3 Å². The fraction of sp³-hybridized carbons (Fsp3) is 0.304. The van der Waals surface area contributed by atoms with Gasteiger partial charge in [-0.2, -0.15) is 0 Å². The molecule has 1 fully saturated rings. The standard InChI is InChI=1S/C23H23N3O4/c1-15-6-2-3-7-17(15)21(28)25-12-10-16(11-13-25)24-20(27)14-26-22(29)18-8-4-5-9-19(18)23(26)30/h2-9,16H,10-14H2,1H3,(H,24,27). The molecule has 2 heterocycles. The number of carbonyl (C=O) groups is 4. The normalized spacial score (nSPS) is 16.6. The highest BCUT2D eigenvalue weighted by atomic mass is 16.2. The van der Waals surface area contributed by atoms with Crippen molar-refractivity contribution in [3.8, 4) is 0 Å². The van der Waals surface area contributed by atoms with E-state index in [1.54, 1.807) is 29.2 Å². The molecule has 0 atom stereocenters. The molecule has 4 amide bonds. The van der Waals surface area contributed by atoms with E-state index in [4.69, 9.17) is 0 Å². The molecule has 0 aliphatic carbocycles. The van der Waals surface area contributed by atoms with Crippen LogP contribution in [0.5, 0.6) is 0 Å². The molecule has 7 heteroatoms. The Hall–Kier alpha value is -3.48. The summed E-state index contributed by atoms with van der Waals surface area (Å²) in [5.41, 5.74) is 2.31.